The van der Waals surface area contributed by atoms with Gasteiger partial charge in [-0.05, 0) is 18.1 Å². The predicted octanol–water partition coefficient (Wildman–Crippen LogP) is 2.51. The predicted molar refractivity (Wildman–Crippen MR) is 105 cm³/mol. The van der Waals surface area contributed by atoms with Gasteiger partial charge in [-0.25, -0.2) is 4.98 Å². The van der Waals surface area contributed by atoms with Gasteiger partial charge in [0, 0.05) is 10.9 Å². The Labute approximate surface area is 163 Å². The Bertz CT molecular complexity index is 750. The molecular formula is C19H26N2O5S. The summed E-state index contributed by atoms with van der Waals surface area (Å²) in [5, 5.41) is 14.8. The van der Waals surface area contributed by atoms with Gasteiger partial charge in [-0.2, -0.15) is 0 Å². The minimum absolute atomic E-state index is 0.0862. The van der Waals surface area contributed by atoms with Crippen molar-refractivity contribution in [1.82, 2.24) is 10.3 Å². The van der Waals surface area contributed by atoms with E-state index in [1.54, 1.807) is 21.3 Å². The summed E-state index contributed by atoms with van der Waals surface area (Å²) < 4.78 is 16.1. The zero-order valence-electron chi connectivity index (χ0n) is 16.2. The van der Waals surface area contributed by atoms with Crippen LogP contribution in [0, 0.1) is 5.92 Å². The Kier molecular flexibility index (Phi) is 7.44. The summed E-state index contributed by atoms with van der Waals surface area (Å²) in [6.45, 7) is 3.82. The fourth-order valence-electron chi connectivity index (χ4n) is 2.57. The second-order valence-corrected chi connectivity index (χ2v) is 7.19. The molecule has 0 aliphatic carbocycles. The third-order valence-electron chi connectivity index (χ3n) is 4.15. The van der Waals surface area contributed by atoms with Crippen molar-refractivity contribution in [2.75, 3.05) is 27.9 Å². The molecule has 0 bridgehead atoms. The van der Waals surface area contributed by atoms with Gasteiger partial charge < -0.3 is 24.6 Å². The minimum atomic E-state index is -0.259. The lowest BCUT2D eigenvalue weighted by molar-refractivity contribution is -0.121. The largest absolute Gasteiger partial charge is 0.493 e. The molecule has 1 atom stereocenters. The average Bonchev–Trinajstić information content (AvgIpc) is 3.12. The van der Waals surface area contributed by atoms with Crippen molar-refractivity contribution in [3.05, 3.63) is 23.2 Å². The number of aliphatic hydroxyl groups excluding tert-OH is 1. The highest BCUT2D eigenvalue weighted by molar-refractivity contribution is 7.13. The van der Waals surface area contributed by atoms with E-state index in [1.165, 1.54) is 11.3 Å². The van der Waals surface area contributed by atoms with Gasteiger partial charge in [0.1, 0.15) is 5.01 Å². The molecule has 7 nitrogen and oxygen atoms in total. The highest BCUT2D eigenvalue weighted by Gasteiger charge is 2.18. The summed E-state index contributed by atoms with van der Waals surface area (Å²) >= 11 is 1.43. The molecule has 27 heavy (non-hydrogen) atoms. The van der Waals surface area contributed by atoms with Crippen molar-refractivity contribution in [1.29, 1.82) is 0 Å². The molecule has 0 saturated heterocycles. The molecule has 0 fully saturated rings. The van der Waals surface area contributed by atoms with Crippen LogP contribution in [0.15, 0.2) is 17.5 Å². The standard InChI is InChI=1S/C19H26N2O5S/c1-11(2)14(9-22)21-17(23)8-13-10-27-19(20-13)12-6-15(24-3)18(26-5)16(7-12)25-4/h6-7,10-11,14,22H,8-9H2,1-5H3,(H,21,23). The molecule has 2 aromatic rings. The quantitative estimate of drug-likeness (QED) is 0.679. The fourth-order valence-corrected chi connectivity index (χ4v) is 3.38. The van der Waals surface area contributed by atoms with Crippen LogP contribution in [0.4, 0.5) is 0 Å². The number of rotatable bonds is 9. The molecule has 0 spiro atoms. The summed E-state index contributed by atoms with van der Waals surface area (Å²) in [6.07, 6.45) is 0.157. The van der Waals surface area contributed by atoms with E-state index in [0.29, 0.717) is 22.9 Å². The topological polar surface area (TPSA) is 89.9 Å². The number of methoxy groups -OCH3 is 3. The summed E-state index contributed by atoms with van der Waals surface area (Å²) in [4.78, 5) is 16.8. The van der Waals surface area contributed by atoms with Crippen LogP contribution in [0.3, 0.4) is 0 Å². The molecular weight excluding hydrogens is 368 g/mol. The van der Waals surface area contributed by atoms with E-state index in [9.17, 15) is 9.90 Å². The van der Waals surface area contributed by atoms with Gasteiger partial charge in [-0.15, -0.1) is 11.3 Å². The smallest absolute Gasteiger partial charge is 0.226 e. The number of benzene rings is 1. The van der Waals surface area contributed by atoms with Gasteiger partial charge in [0.2, 0.25) is 11.7 Å². The third kappa shape index (κ3) is 5.11. The van der Waals surface area contributed by atoms with Gasteiger partial charge in [-0.3, -0.25) is 4.79 Å². The van der Waals surface area contributed by atoms with Crippen molar-refractivity contribution >= 4 is 17.2 Å². The van der Waals surface area contributed by atoms with Gasteiger partial charge in [-0.1, -0.05) is 13.8 Å². The van der Waals surface area contributed by atoms with E-state index < -0.39 is 0 Å². The lowest BCUT2D eigenvalue weighted by atomic mass is 10.1. The van der Waals surface area contributed by atoms with E-state index in [-0.39, 0.29) is 30.9 Å². The lowest BCUT2D eigenvalue weighted by Gasteiger charge is -2.19. The van der Waals surface area contributed by atoms with Crippen LogP contribution in [-0.2, 0) is 11.2 Å². The van der Waals surface area contributed by atoms with E-state index >= 15 is 0 Å². The monoisotopic (exact) mass is 394 g/mol. The van der Waals surface area contributed by atoms with Crippen LogP contribution < -0.4 is 19.5 Å². The maximum absolute atomic E-state index is 12.2. The maximum Gasteiger partial charge on any atom is 0.226 e. The molecule has 1 aromatic carbocycles. The number of aliphatic hydroxyl groups is 1. The van der Waals surface area contributed by atoms with Crippen LogP contribution in [0.25, 0.3) is 10.6 Å². The number of carbonyl (C=O) groups excluding carboxylic acids is 1. The fraction of sp³-hybridized carbons (Fsp3) is 0.474. The molecule has 2 rings (SSSR count). The lowest BCUT2D eigenvalue weighted by Crippen LogP contribution is -2.41. The number of amides is 1. The molecule has 2 N–H and O–H groups in total. The number of ether oxygens (including phenoxy) is 3. The average molecular weight is 394 g/mol. The summed E-state index contributed by atoms with van der Waals surface area (Å²) in [5.74, 6) is 1.60. The molecule has 0 aliphatic heterocycles. The number of thiazole rings is 1. The van der Waals surface area contributed by atoms with Gasteiger partial charge in [0.15, 0.2) is 11.5 Å². The zero-order chi connectivity index (χ0) is 20.0. The second kappa shape index (κ2) is 9.57. The SMILES string of the molecule is COc1cc(-c2nc(CC(=O)NC(CO)C(C)C)cs2)cc(OC)c1OC. The Morgan fingerprint density at radius 1 is 1.19 bits per heavy atom. The first-order valence-corrected chi connectivity index (χ1v) is 9.46. The molecule has 1 unspecified atom stereocenters. The number of hydrogen-bond acceptors (Lipinski definition) is 7. The zero-order valence-corrected chi connectivity index (χ0v) is 17.1. The van der Waals surface area contributed by atoms with Crippen molar-refractivity contribution in [3.63, 3.8) is 0 Å². The number of hydrogen-bond donors (Lipinski definition) is 2. The van der Waals surface area contributed by atoms with Crippen LogP contribution in [-0.4, -0.2) is 50.0 Å². The van der Waals surface area contributed by atoms with Crippen LogP contribution in [0.1, 0.15) is 19.5 Å². The van der Waals surface area contributed by atoms with Gasteiger partial charge in [0.25, 0.3) is 0 Å². The Morgan fingerprint density at radius 3 is 2.30 bits per heavy atom. The van der Waals surface area contributed by atoms with E-state index in [0.717, 1.165) is 10.6 Å². The molecule has 148 valence electrons. The number of nitrogens with one attached hydrogen (secondary N) is 1. The van der Waals surface area contributed by atoms with Gasteiger partial charge in [0.05, 0.1) is 46.1 Å². The molecule has 1 amide bonds. The van der Waals surface area contributed by atoms with E-state index in [2.05, 4.69) is 10.3 Å². The number of aromatic nitrogens is 1. The molecule has 1 heterocycles. The highest BCUT2D eigenvalue weighted by Crippen LogP contribution is 2.41. The van der Waals surface area contributed by atoms with Crippen LogP contribution >= 0.6 is 11.3 Å². The molecule has 8 heteroatoms. The summed E-state index contributed by atoms with van der Waals surface area (Å²) in [7, 11) is 4.67. The second-order valence-electron chi connectivity index (χ2n) is 6.34. The first-order chi connectivity index (χ1) is 12.9. The first-order valence-electron chi connectivity index (χ1n) is 8.58. The van der Waals surface area contributed by atoms with Crippen LogP contribution in [0.2, 0.25) is 0 Å². The van der Waals surface area contributed by atoms with Crippen molar-refractivity contribution in [3.8, 4) is 27.8 Å². The van der Waals surface area contributed by atoms with E-state index in [4.69, 9.17) is 14.2 Å². The van der Waals surface area contributed by atoms with E-state index in [1.807, 2.05) is 31.4 Å². The first kappa shape index (κ1) is 21.0. The summed E-state index contributed by atoms with van der Waals surface area (Å²) in [5.41, 5.74) is 1.48. The normalized spacial score (nSPS) is 12.0. The third-order valence-corrected chi connectivity index (χ3v) is 5.09. The highest BCUT2D eigenvalue weighted by atomic mass is 32.1. The Morgan fingerprint density at radius 2 is 1.81 bits per heavy atom. The van der Waals surface area contributed by atoms with Crippen LogP contribution in [0.5, 0.6) is 17.2 Å². The number of nitrogens with zero attached hydrogens (tertiary/aromatic N) is 1. The number of carbonyl (C=O) groups is 1. The molecule has 0 aliphatic rings. The minimum Gasteiger partial charge on any atom is -0.493 e. The molecule has 1 aromatic heterocycles. The van der Waals surface area contributed by atoms with Crippen molar-refractivity contribution in [2.45, 2.75) is 26.3 Å². The van der Waals surface area contributed by atoms with Crippen molar-refractivity contribution in [2.24, 2.45) is 5.92 Å². The Balaban J connectivity index is 2.19. The maximum atomic E-state index is 12.2. The molecule has 0 radical (unpaired) electrons. The molecule has 0 saturated carbocycles. The Hall–Kier alpha value is -2.32. The van der Waals surface area contributed by atoms with Crippen molar-refractivity contribution < 1.29 is 24.1 Å². The summed E-state index contributed by atoms with van der Waals surface area (Å²) in [6, 6.07) is 3.39. The van der Waals surface area contributed by atoms with Gasteiger partial charge >= 0.3 is 0 Å².